The van der Waals surface area contributed by atoms with Gasteiger partial charge in [0.05, 0.1) is 11.2 Å². The van der Waals surface area contributed by atoms with E-state index in [9.17, 15) is 4.79 Å². The Bertz CT molecular complexity index is 522. The summed E-state index contributed by atoms with van der Waals surface area (Å²) in [6, 6.07) is 1.10. The summed E-state index contributed by atoms with van der Waals surface area (Å²) in [5, 5.41) is 3.29. The van der Waals surface area contributed by atoms with Crippen LogP contribution in [0.5, 0.6) is 0 Å². The van der Waals surface area contributed by atoms with Crippen molar-refractivity contribution in [1.29, 1.82) is 0 Å². The van der Waals surface area contributed by atoms with E-state index >= 15 is 0 Å². The first-order valence-electron chi connectivity index (χ1n) is 9.65. The summed E-state index contributed by atoms with van der Waals surface area (Å²) in [5.41, 5.74) is 2.94. The predicted octanol–water partition coefficient (Wildman–Crippen LogP) is 3.69. The zero-order valence-electron chi connectivity index (χ0n) is 14.9. The van der Waals surface area contributed by atoms with Crippen molar-refractivity contribution in [2.75, 3.05) is 13.1 Å². The van der Waals surface area contributed by atoms with Crippen molar-refractivity contribution < 1.29 is 4.79 Å². The molecular weight excluding hydrogens is 318 g/mol. The number of carbonyl (C=O) groups excluding carboxylic acids is 1. The van der Waals surface area contributed by atoms with Gasteiger partial charge in [-0.05, 0) is 45.6 Å². The summed E-state index contributed by atoms with van der Waals surface area (Å²) in [6.45, 7) is 4.29. The summed E-state index contributed by atoms with van der Waals surface area (Å²) in [5.74, 6) is 0.204. The van der Waals surface area contributed by atoms with Crippen LogP contribution in [0.4, 0.5) is 0 Å². The molecule has 2 aliphatic rings. The maximum Gasteiger partial charge on any atom is 0.220 e. The SMILES string of the molecule is Cc1ncsc1CCC(=O)N[C@@H]1CCCN(C2CCCCCC2)C1. The number of nitrogens with one attached hydrogen (secondary N) is 1. The van der Waals surface area contributed by atoms with E-state index in [1.807, 2.05) is 12.4 Å². The second-order valence-corrected chi connectivity index (χ2v) is 8.35. The van der Waals surface area contributed by atoms with Crippen molar-refractivity contribution in [2.45, 2.75) is 83.2 Å². The highest BCUT2D eigenvalue weighted by Crippen LogP contribution is 2.24. The molecule has 1 aromatic heterocycles. The van der Waals surface area contributed by atoms with Crippen LogP contribution in [0, 0.1) is 6.92 Å². The van der Waals surface area contributed by atoms with Crippen LogP contribution in [-0.2, 0) is 11.2 Å². The normalized spacial score (nSPS) is 23.8. The molecule has 1 aliphatic heterocycles. The van der Waals surface area contributed by atoms with Crippen molar-refractivity contribution in [3.05, 3.63) is 16.1 Å². The van der Waals surface area contributed by atoms with Crippen molar-refractivity contribution in [3.8, 4) is 0 Å². The molecule has 0 spiro atoms. The monoisotopic (exact) mass is 349 g/mol. The van der Waals surface area contributed by atoms with Gasteiger partial charge in [-0.2, -0.15) is 0 Å². The van der Waals surface area contributed by atoms with Crippen LogP contribution in [0.2, 0.25) is 0 Å². The van der Waals surface area contributed by atoms with E-state index in [2.05, 4.69) is 15.2 Å². The molecule has 0 unspecified atom stereocenters. The molecule has 1 aliphatic carbocycles. The molecule has 2 heterocycles. The number of carbonyl (C=O) groups is 1. The lowest BCUT2D eigenvalue weighted by Crippen LogP contribution is -2.50. The maximum atomic E-state index is 12.3. The van der Waals surface area contributed by atoms with Gasteiger partial charge in [-0.3, -0.25) is 9.69 Å². The van der Waals surface area contributed by atoms with E-state index in [4.69, 9.17) is 0 Å². The molecule has 1 atom stereocenters. The Balaban J connectivity index is 1.44. The molecule has 3 rings (SSSR count). The number of thiazole rings is 1. The number of aromatic nitrogens is 1. The number of hydrogen-bond acceptors (Lipinski definition) is 4. The first-order chi connectivity index (χ1) is 11.7. The molecule has 1 amide bonds. The fraction of sp³-hybridized carbons (Fsp3) is 0.789. The fourth-order valence-corrected chi connectivity index (χ4v) is 4.95. The first-order valence-corrected chi connectivity index (χ1v) is 10.5. The standard InChI is InChI=1S/C19H31N3OS/c1-15-18(24-14-20-15)10-11-19(23)21-16-7-6-12-22(13-16)17-8-4-2-3-5-9-17/h14,16-17H,2-13H2,1H3,(H,21,23)/t16-/m1/s1. The first kappa shape index (κ1) is 17.9. The third-order valence-electron chi connectivity index (χ3n) is 5.58. The van der Waals surface area contributed by atoms with Gasteiger partial charge in [-0.1, -0.05) is 25.7 Å². The van der Waals surface area contributed by atoms with Crippen molar-refractivity contribution in [2.24, 2.45) is 0 Å². The molecule has 1 saturated heterocycles. The molecule has 4 nitrogen and oxygen atoms in total. The number of likely N-dealkylation sites (tertiary alicyclic amines) is 1. The van der Waals surface area contributed by atoms with Gasteiger partial charge >= 0.3 is 0 Å². The summed E-state index contributed by atoms with van der Waals surface area (Å²) >= 11 is 1.66. The fourth-order valence-electron chi connectivity index (χ4n) is 4.17. The van der Waals surface area contributed by atoms with Crippen LogP contribution in [0.3, 0.4) is 0 Å². The van der Waals surface area contributed by atoms with Crippen LogP contribution in [0.15, 0.2) is 5.51 Å². The molecule has 1 saturated carbocycles. The second-order valence-electron chi connectivity index (χ2n) is 7.41. The summed E-state index contributed by atoms with van der Waals surface area (Å²) < 4.78 is 0. The lowest BCUT2D eigenvalue weighted by Gasteiger charge is -2.38. The molecule has 1 aromatic rings. The van der Waals surface area contributed by atoms with Gasteiger partial charge in [-0.25, -0.2) is 4.98 Å². The molecular formula is C19H31N3OS. The van der Waals surface area contributed by atoms with E-state index in [-0.39, 0.29) is 5.91 Å². The van der Waals surface area contributed by atoms with Crippen LogP contribution in [0.25, 0.3) is 0 Å². The van der Waals surface area contributed by atoms with E-state index < -0.39 is 0 Å². The van der Waals surface area contributed by atoms with Crippen molar-refractivity contribution in [3.63, 3.8) is 0 Å². The maximum absolute atomic E-state index is 12.3. The van der Waals surface area contributed by atoms with Crippen LogP contribution in [-0.4, -0.2) is 41.0 Å². The quantitative estimate of drug-likeness (QED) is 0.825. The highest BCUT2D eigenvalue weighted by molar-refractivity contribution is 7.09. The molecule has 1 N–H and O–H groups in total. The average Bonchev–Trinajstić information content (AvgIpc) is 2.83. The van der Waals surface area contributed by atoms with Gasteiger partial charge in [0, 0.05) is 29.9 Å². The van der Waals surface area contributed by atoms with Crippen molar-refractivity contribution >= 4 is 17.2 Å². The van der Waals surface area contributed by atoms with Crippen LogP contribution >= 0.6 is 11.3 Å². The Morgan fingerprint density at radius 1 is 1.25 bits per heavy atom. The molecule has 2 fully saturated rings. The topological polar surface area (TPSA) is 45.2 Å². The van der Waals surface area contributed by atoms with E-state index in [1.54, 1.807) is 11.3 Å². The predicted molar refractivity (Wildman–Crippen MR) is 99.4 cm³/mol. The van der Waals surface area contributed by atoms with Gasteiger partial charge in [0.2, 0.25) is 5.91 Å². The zero-order chi connectivity index (χ0) is 16.8. The number of nitrogens with zero attached hydrogens (tertiary/aromatic N) is 2. The Morgan fingerprint density at radius 2 is 2.04 bits per heavy atom. The Hall–Kier alpha value is -0.940. The lowest BCUT2D eigenvalue weighted by molar-refractivity contribution is -0.122. The number of piperidine rings is 1. The minimum Gasteiger partial charge on any atom is -0.352 e. The zero-order valence-corrected chi connectivity index (χ0v) is 15.7. The Labute approximate surface area is 150 Å². The summed E-state index contributed by atoms with van der Waals surface area (Å²) in [6.07, 6.45) is 12.0. The number of amides is 1. The summed E-state index contributed by atoms with van der Waals surface area (Å²) in [4.78, 5) is 20.5. The highest BCUT2D eigenvalue weighted by Gasteiger charge is 2.27. The minimum absolute atomic E-state index is 0.204. The second kappa shape index (κ2) is 8.95. The number of hydrogen-bond donors (Lipinski definition) is 1. The minimum atomic E-state index is 0.204. The van der Waals surface area contributed by atoms with Crippen molar-refractivity contribution in [1.82, 2.24) is 15.2 Å². The van der Waals surface area contributed by atoms with E-state index in [1.165, 1.54) is 56.4 Å². The molecule has 0 aromatic carbocycles. The lowest BCUT2D eigenvalue weighted by atomic mass is 9.99. The highest BCUT2D eigenvalue weighted by atomic mass is 32.1. The van der Waals surface area contributed by atoms with E-state index in [0.717, 1.165) is 31.1 Å². The smallest absolute Gasteiger partial charge is 0.220 e. The molecule has 134 valence electrons. The van der Waals surface area contributed by atoms with E-state index in [0.29, 0.717) is 12.5 Å². The van der Waals surface area contributed by atoms with Gasteiger partial charge in [0.25, 0.3) is 0 Å². The third kappa shape index (κ3) is 5.03. The largest absolute Gasteiger partial charge is 0.352 e. The Morgan fingerprint density at radius 3 is 2.75 bits per heavy atom. The number of aryl methyl sites for hydroxylation is 2. The molecule has 24 heavy (non-hydrogen) atoms. The summed E-state index contributed by atoms with van der Waals surface area (Å²) in [7, 11) is 0. The van der Waals surface area contributed by atoms with Gasteiger partial charge in [0.1, 0.15) is 0 Å². The van der Waals surface area contributed by atoms with Gasteiger partial charge in [-0.15, -0.1) is 11.3 Å². The van der Waals surface area contributed by atoms with Gasteiger partial charge in [0.15, 0.2) is 0 Å². The average molecular weight is 350 g/mol. The Kier molecular flexibility index (Phi) is 6.67. The van der Waals surface area contributed by atoms with Gasteiger partial charge < -0.3 is 5.32 Å². The molecule has 5 heteroatoms. The number of rotatable bonds is 5. The van der Waals surface area contributed by atoms with Crippen LogP contribution < -0.4 is 5.32 Å². The van der Waals surface area contributed by atoms with Crippen LogP contribution in [0.1, 0.15) is 68.4 Å². The molecule has 0 bridgehead atoms. The third-order valence-corrected chi connectivity index (χ3v) is 6.58. The molecule has 0 radical (unpaired) electrons.